The minimum absolute atomic E-state index is 0.00190. The summed E-state index contributed by atoms with van der Waals surface area (Å²) in [7, 11) is 3.53. The third-order valence-electron chi connectivity index (χ3n) is 5.61. The second-order valence-electron chi connectivity index (χ2n) is 7.78. The first kappa shape index (κ1) is 22.2. The van der Waals surface area contributed by atoms with Gasteiger partial charge >= 0.3 is 5.69 Å². The fraction of sp³-hybridized carbons (Fsp3) is 0.250. The Kier molecular flexibility index (Phi) is 6.50. The first-order valence-corrected chi connectivity index (χ1v) is 10.5. The molecule has 0 N–H and O–H groups in total. The average Bonchev–Trinajstić information content (AvgIpc) is 2.83. The predicted octanol–water partition coefficient (Wildman–Crippen LogP) is 3.95. The summed E-state index contributed by atoms with van der Waals surface area (Å²) in [6.07, 6.45) is 2.24. The van der Waals surface area contributed by atoms with E-state index >= 15 is 0 Å². The van der Waals surface area contributed by atoms with Crippen LogP contribution in [0, 0.1) is 10.1 Å². The third kappa shape index (κ3) is 5.09. The summed E-state index contributed by atoms with van der Waals surface area (Å²) in [5.41, 5.74) is 1.77. The molecule has 1 aromatic heterocycles. The Morgan fingerprint density at radius 2 is 1.82 bits per heavy atom. The lowest BCUT2D eigenvalue weighted by Gasteiger charge is -2.32. The summed E-state index contributed by atoms with van der Waals surface area (Å²) in [4.78, 5) is 30.2. The van der Waals surface area contributed by atoms with Crippen LogP contribution in [0.1, 0.15) is 5.56 Å². The Bertz CT molecular complexity index is 1130. The number of hydrogen-bond donors (Lipinski definition) is 0. The lowest BCUT2D eigenvalue weighted by Crippen LogP contribution is -2.47. The summed E-state index contributed by atoms with van der Waals surface area (Å²) < 4.78 is 11.3. The molecule has 3 aromatic rings. The highest BCUT2D eigenvalue weighted by atomic mass is 16.6. The van der Waals surface area contributed by atoms with Crippen molar-refractivity contribution in [2.45, 2.75) is 12.5 Å². The number of benzene rings is 2. The summed E-state index contributed by atoms with van der Waals surface area (Å²) in [6.45, 7) is 0.677. The molecule has 0 bridgehead atoms. The number of ether oxygens (including phenoxy) is 2. The zero-order valence-electron chi connectivity index (χ0n) is 18.4. The fourth-order valence-corrected chi connectivity index (χ4v) is 3.65. The fourth-order valence-electron chi connectivity index (χ4n) is 3.65. The first-order chi connectivity index (χ1) is 15.9. The van der Waals surface area contributed by atoms with Crippen molar-refractivity contribution in [3.8, 4) is 11.5 Å². The molecule has 1 saturated heterocycles. The van der Waals surface area contributed by atoms with Crippen molar-refractivity contribution in [1.29, 1.82) is 0 Å². The van der Waals surface area contributed by atoms with Crippen molar-refractivity contribution in [3.05, 3.63) is 82.5 Å². The zero-order chi connectivity index (χ0) is 23.4. The van der Waals surface area contributed by atoms with Crippen LogP contribution in [0.2, 0.25) is 0 Å². The summed E-state index contributed by atoms with van der Waals surface area (Å²) in [5.74, 6) is 1.59. The molecular formula is C24H24N4O5. The van der Waals surface area contributed by atoms with Crippen LogP contribution in [0.5, 0.6) is 11.5 Å². The van der Waals surface area contributed by atoms with E-state index in [-0.39, 0.29) is 30.1 Å². The maximum absolute atomic E-state index is 11.8. The SMILES string of the molecule is CN(c1ccc(Oc2ccc(CC3COCC(=O)N3C)cc2)cc1)c1ncccc1[N+](=O)[O-]. The van der Waals surface area contributed by atoms with Gasteiger partial charge in [-0.25, -0.2) is 4.98 Å². The van der Waals surface area contributed by atoms with Crippen LogP contribution in [-0.2, 0) is 16.0 Å². The van der Waals surface area contributed by atoms with E-state index in [9.17, 15) is 14.9 Å². The molecule has 0 spiro atoms. The number of amides is 1. The molecule has 1 atom stereocenters. The lowest BCUT2D eigenvalue weighted by molar-refractivity contribution is -0.384. The van der Waals surface area contributed by atoms with Crippen molar-refractivity contribution in [3.63, 3.8) is 0 Å². The van der Waals surface area contributed by atoms with Gasteiger partial charge in [-0.1, -0.05) is 12.1 Å². The average molecular weight is 448 g/mol. The number of nitrogens with zero attached hydrogens (tertiary/aromatic N) is 4. The van der Waals surface area contributed by atoms with Gasteiger partial charge in [0.05, 0.1) is 17.6 Å². The molecule has 2 aromatic carbocycles. The van der Waals surface area contributed by atoms with Gasteiger partial charge in [0.2, 0.25) is 11.7 Å². The zero-order valence-corrected chi connectivity index (χ0v) is 18.4. The minimum atomic E-state index is -0.447. The van der Waals surface area contributed by atoms with Gasteiger partial charge < -0.3 is 19.3 Å². The Labute approximate surface area is 191 Å². The predicted molar refractivity (Wildman–Crippen MR) is 123 cm³/mol. The second kappa shape index (κ2) is 9.66. The smallest absolute Gasteiger partial charge is 0.311 e. The maximum Gasteiger partial charge on any atom is 0.311 e. The van der Waals surface area contributed by atoms with E-state index in [1.807, 2.05) is 36.4 Å². The van der Waals surface area contributed by atoms with Crippen molar-refractivity contribution in [2.75, 3.05) is 32.2 Å². The summed E-state index contributed by atoms with van der Waals surface area (Å²) in [6, 6.07) is 18.0. The number of aromatic nitrogens is 1. The number of likely N-dealkylation sites (N-methyl/N-ethyl adjacent to an activating group) is 1. The molecule has 33 heavy (non-hydrogen) atoms. The van der Waals surface area contributed by atoms with Gasteiger partial charge in [-0.2, -0.15) is 0 Å². The van der Waals surface area contributed by atoms with E-state index in [1.54, 1.807) is 42.1 Å². The van der Waals surface area contributed by atoms with Crippen LogP contribution in [0.4, 0.5) is 17.2 Å². The van der Waals surface area contributed by atoms with Crippen LogP contribution < -0.4 is 9.64 Å². The lowest BCUT2D eigenvalue weighted by atomic mass is 10.0. The maximum atomic E-state index is 11.8. The second-order valence-corrected chi connectivity index (χ2v) is 7.78. The molecule has 1 unspecified atom stereocenters. The Balaban J connectivity index is 1.40. The quantitative estimate of drug-likeness (QED) is 0.399. The van der Waals surface area contributed by atoms with Crippen molar-refractivity contribution >= 4 is 23.1 Å². The topological polar surface area (TPSA) is 98.0 Å². The van der Waals surface area contributed by atoms with E-state index in [4.69, 9.17) is 9.47 Å². The first-order valence-electron chi connectivity index (χ1n) is 10.5. The van der Waals surface area contributed by atoms with Crippen molar-refractivity contribution in [2.24, 2.45) is 0 Å². The monoisotopic (exact) mass is 448 g/mol. The van der Waals surface area contributed by atoms with E-state index in [0.717, 1.165) is 11.3 Å². The third-order valence-corrected chi connectivity index (χ3v) is 5.61. The van der Waals surface area contributed by atoms with Crippen LogP contribution in [0.25, 0.3) is 0 Å². The number of anilines is 2. The van der Waals surface area contributed by atoms with Crippen LogP contribution in [0.3, 0.4) is 0 Å². The highest BCUT2D eigenvalue weighted by Crippen LogP contribution is 2.31. The molecule has 0 radical (unpaired) electrons. The van der Waals surface area contributed by atoms with Crippen molar-refractivity contribution in [1.82, 2.24) is 9.88 Å². The van der Waals surface area contributed by atoms with E-state index in [1.165, 1.54) is 12.3 Å². The molecule has 1 aliphatic rings. The molecule has 0 aliphatic carbocycles. The number of carbonyl (C=O) groups excluding carboxylic acids is 1. The molecule has 9 nitrogen and oxygen atoms in total. The molecule has 2 heterocycles. The van der Waals surface area contributed by atoms with Gasteiger partial charge in [0.1, 0.15) is 18.1 Å². The number of nitro groups is 1. The Morgan fingerprint density at radius 1 is 1.15 bits per heavy atom. The molecule has 4 rings (SSSR count). The largest absolute Gasteiger partial charge is 0.457 e. The molecule has 0 saturated carbocycles. The number of morpholine rings is 1. The van der Waals surface area contributed by atoms with E-state index in [2.05, 4.69) is 4.98 Å². The van der Waals surface area contributed by atoms with E-state index < -0.39 is 4.92 Å². The van der Waals surface area contributed by atoms with Gasteiger partial charge in [-0.15, -0.1) is 0 Å². The minimum Gasteiger partial charge on any atom is -0.457 e. The number of hydrogen-bond acceptors (Lipinski definition) is 7. The molecule has 1 fully saturated rings. The summed E-state index contributed by atoms with van der Waals surface area (Å²) >= 11 is 0. The normalized spacial score (nSPS) is 15.9. The van der Waals surface area contributed by atoms with Crippen LogP contribution >= 0.6 is 0 Å². The molecule has 1 amide bonds. The molecule has 9 heteroatoms. The number of pyridine rings is 1. The van der Waals surface area contributed by atoms with E-state index in [0.29, 0.717) is 24.5 Å². The standard InChI is InChI=1S/C24H24N4O5/c1-26-19(15-32-16-23(26)29)14-17-5-9-20(10-6-17)33-21-11-7-18(8-12-21)27(2)24-22(28(30)31)4-3-13-25-24/h3-13,19H,14-16H2,1-2H3. The Morgan fingerprint density at radius 3 is 2.48 bits per heavy atom. The van der Waals surface area contributed by atoms with Crippen molar-refractivity contribution < 1.29 is 19.2 Å². The molecule has 1 aliphatic heterocycles. The molecular weight excluding hydrogens is 424 g/mol. The van der Waals surface area contributed by atoms with Gasteiger partial charge in [-0.05, 0) is 54.4 Å². The van der Waals surface area contributed by atoms with Crippen LogP contribution in [-0.4, -0.2) is 54.1 Å². The van der Waals surface area contributed by atoms with Gasteiger partial charge in [-0.3, -0.25) is 14.9 Å². The van der Waals surface area contributed by atoms with Gasteiger partial charge in [0.25, 0.3) is 0 Å². The van der Waals surface area contributed by atoms with Gasteiger partial charge in [0.15, 0.2) is 0 Å². The number of rotatable bonds is 7. The van der Waals surface area contributed by atoms with Crippen LogP contribution in [0.15, 0.2) is 66.9 Å². The highest BCUT2D eigenvalue weighted by molar-refractivity contribution is 5.78. The van der Waals surface area contributed by atoms with Gasteiger partial charge in [0, 0.05) is 32.0 Å². The Hall–Kier alpha value is -3.98. The summed E-state index contributed by atoms with van der Waals surface area (Å²) in [5, 5.41) is 11.3. The molecule has 170 valence electrons. The number of carbonyl (C=O) groups is 1. The highest BCUT2D eigenvalue weighted by Gasteiger charge is 2.25.